The standard InChI is InChI=1S/C4H8O.C3H8OS/c1-2-3-4-5;1-5-3-2-4/h2-3,5H,4H2,1H3;4H,2-3H2,1H3. The van der Waals surface area contributed by atoms with Crippen molar-refractivity contribution in [2.75, 3.05) is 25.2 Å². The topological polar surface area (TPSA) is 40.5 Å². The number of thioether (sulfide) groups is 1. The molecule has 2 N–H and O–H groups in total. The third kappa shape index (κ3) is 24.5. The van der Waals surface area contributed by atoms with Gasteiger partial charge >= 0.3 is 0 Å². The molecule has 0 aliphatic heterocycles. The van der Waals surface area contributed by atoms with Crippen LogP contribution in [-0.2, 0) is 0 Å². The van der Waals surface area contributed by atoms with Crippen LogP contribution in [0.15, 0.2) is 12.2 Å². The maximum atomic E-state index is 8.05. The molecule has 0 radical (unpaired) electrons. The summed E-state index contributed by atoms with van der Waals surface area (Å²) >= 11 is 1.65. The minimum absolute atomic E-state index is 0.163. The summed E-state index contributed by atoms with van der Waals surface area (Å²) in [5.41, 5.74) is 0. The Labute approximate surface area is 67.0 Å². The first-order valence-corrected chi connectivity index (χ1v) is 4.54. The molecule has 2 nitrogen and oxygen atoms in total. The van der Waals surface area contributed by atoms with Gasteiger partial charge in [-0.1, -0.05) is 12.2 Å². The van der Waals surface area contributed by atoms with Gasteiger partial charge in [0.2, 0.25) is 0 Å². The Balaban J connectivity index is 0. The van der Waals surface area contributed by atoms with Crippen molar-refractivity contribution in [1.82, 2.24) is 0 Å². The van der Waals surface area contributed by atoms with Crippen molar-refractivity contribution in [2.45, 2.75) is 6.92 Å². The highest BCUT2D eigenvalue weighted by molar-refractivity contribution is 7.98. The van der Waals surface area contributed by atoms with Crippen LogP contribution >= 0.6 is 11.8 Å². The summed E-state index contributed by atoms with van der Waals surface area (Å²) in [7, 11) is 0. The second kappa shape index (κ2) is 16.0. The molecule has 0 unspecified atom stereocenters. The maximum absolute atomic E-state index is 8.05. The second-order valence-electron chi connectivity index (χ2n) is 1.47. The molecule has 0 aliphatic rings. The minimum atomic E-state index is 0.163. The van der Waals surface area contributed by atoms with Gasteiger partial charge in [-0.15, -0.1) is 0 Å². The molecule has 0 amide bonds. The first kappa shape index (κ1) is 12.7. The molecule has 0 saturated carbocycles. The average molecular weight is 164 g/mol. The molecule has 0 spiro atoms. The van der Waals surface area contributed by atoms with Gasteiger partial charge in [0, 0.05) is 5.75 Å². The Morgan fingerprint density at radius 1 is 1.40 bits per heavy atom. The van der Waals surface area contributed by atoms with Crippen LogP contribution in [0.4, 0.5) is 0 Å². The highest BCUT2D eigenvalue weighted by atomic mass is 32.2. The van der Waals surface area contributed by atoms with E-state index in [1.54, 1.807) is 23.9 Å². The van der Waals surface area contributed by atoms with Gasteiger partial charge in [-0.2, -0.15) is 11.8 Å². The molecule has 0 aromatic carbocycles. The van der Waals surface area contributed by atoms with E-state index < -0.39 is 0 Å². The van der Waals surface area contributed by atoms with E-state index in [0.717, 1.165) is 5.75 Å². The quantitative estimate of drug-likeness (QED) is 0.609. The van der Waals surface area contributed by atoms with Crippen molar-refractivity contribution in [3.63, 3.8) is 0 Å². The molecule has 0 heterocycles. The second-order valence-corrected chi connectivity index (χ2v) is 2.45. The normalized spacial score (nSPS) is 9.20. The van der Waals surface area contributed by atoms with Crippen molar-refractivity contribution >= 4 is 11.8 Å². The zero-order valence-electron chi connectivity index (χ0n) is 6.58. The molecule has 0 aromatic rings. The number of rotatable bonds is 3. The lowest BCUT2D eigenvalue weighted by atomic mass is 10.6. The lowest BCUT2D eigenvalue weighted by molar-refractivity contribution is 0.322. The van der Waals surface area contributed by atoms with Crippen LogP contribution < -0.4 is 0 Å². The monoisotopic (exact) mass is 164 g/mol. The Bertz CT molecular complexity index is 62.6. The zero-order chi connectivity index (χ0) is 8.24. The van der Waals surface area contributed by atoms with Gasteiger partial charge in [0.25, 0.3) is 0 Å². The number of aliphatic hydroxyl groups excluding tert-OH is 2. The van der Waals surface area contributed by atoms with Crippen molar-refractivity contribution in [2.24, 2.45) is 0 Å². The fourth-order valence-electron chi connectivity index (χ4n) is 0.197. The van der Waals surface area contributed by atoms with Crippen molar-refractivity contribution < 1.29 is 10.2 Å². The molecule has 0 aromatic heterocycles. The summed E-state index contributed by atoms with van der Waals surface area (Å²) in [5.74, 6) is 0.861. The van der Waals surface area contributed by atoms with Crippen LogP contribution in [0.1, 0.15) is 6.92 Å². The Hall–Kier alpha value is 0.01000. The van der Waals surface area contributed by atoms with E-state index in [1.807, 2.05) is 13.2 Å². The fourth-order valence-corrected chi connectivity index (χ4v) is 0.379. The number of aliphatic hydroxyl groups is 2. The number of hydrogen-bond donors (Lipinski definition) is 2. The molecule has 62 valence electrons. The molecule has 0 atom stereocenters. The van der Waals surface area contributed by atoms with Gasteiger partial charge in [0.15, 0.2) is 0 Å². The number of hydrogen-bond acceptors (Lipinski definition) is 3. The Kier molecular flexibility index (Phi) is 20.3. The summed E-state index contributed by atoms with van der Waals surface area (Å²) in [4.78, 5) is 0. The SMILES string of the molecule is CC=CCO.CSCCO. The summed E-state index contributed by atoms with van der Waals surface area (Å²) < 4.78 is 0. The van der Waals surface area contributed by atoms with Crippen LogP contribution in [0.5, 0.6) is 0 Å². The zero-order valence-corrected chi connectivity index (χ0v) is 7.40. The van der Waals surface area contributed by atoms with E-state index in [4.69, 9.17) is 10.2 Å². The molecule has 3 heteroatoms. The van der Waals surface area contributed by atoms with E-state index in [-0.39, 0.29) is 6.61 Å². The summed E-state index contributed by atoms with van der Waals surface area (Å²) in [6.45, 7) is 2.34. The third-order valence-electron chi connectivity index (χ3n) is 0.637. The van der Waals surface area contributed by atoms with Gasteiger partial charge in [0.1, 0.15) is 0 Å². The summed E-state index contributed by atoms with van der Waals surface area (Å²) in [5, 5.41) is 16.0. The van der Waals surface area contributed by atoms with Crippen LogP contribution in [0.2, 0.25) is 0 Å². The molecular formula is C7H16O2S. The first-order chi connectivity index (χ1) is 4.83. The minimum Gasteiger partial charge on any atom is -0.396 e. The molecule has 0 saturated heterocycles. The molecule has 0 aliphatic carbocycles. The lowest BCUT2D eigenvalue weighted by Crippen LogP contribution is -1.81. The van der Waals surface area contributed by atoms with Crippen LogP contribution in [0, 0.1) is 0 Å². The highest BCUT2D eigenvalue weighted by Crippen LogP contribution is 1.85. The van der Waals surface area contributed by atoms with Gasteiger partial charge in [-0.3, -0.25) is 0 Å². The molecule has 10 heavy (non-hydrogen) atoms. The third-order valence-corrected chi connectivity index (χ3v) is 1.23. The average Bonchev–Trinajstić information content (AvgIpc) is 1.93. The molecule has 0 bridgehead atoms. The predicted octanol–water partition coefficient (Wildman–Crippen LogP) is 0.896. The predicted molar refractivity (Wildman–Crippen MR) is 47.4 cm³/mol. The number of allylic oxidation sites excluding steroid dienone is 1. The van der Waals surface area contributed by atoms with E-state index >= 15 is 0 Å². The van der Waals surface area contributed by atoms with Crippen molar-refractivity contribution in [1.29, 1.82) is 0 Å². The van der Waals surface area contributed by atoms with Crippen LogP contribution in [-0.4, -0.2) is 35.4 Å². The maximum Gasteiger partial charge on any atom is 0.0612 e. The highest BCUT2D eigenvalue weighted by Gasteiger charge is 1.68. The molecule has 0 rings (SSSR count). The van der Waals surface area contributed by atoms with Gasteiger partial charge in [-0.05, 0) is 13.2 Å². The summed E-state index contributed by atoms with van der Waals surface area (Å²) in [6, 6.07) is 0. The van der Waals surface area contributed by atoms with Gasteiger partial charge in [0.05, 0.1) is 13.2 Å². The van der Waals surface area contributed by atoms with E-state index in [9.17, 15) is 0 Å². The Morgan fingerprint density at radius 3 is 2.00 bits per heavy atom. The largest absolute Gasteiger partial charge is 0.396 e. The van der Waals surface area contributed by atoms with E-state index in [2.05, 4.69) is 0 Å². The molecular weight excluding hydrogens is 148 g/mol. The van der Waals surface area contributed by atoms with Gasteiger partial charge in [-0.25, -0.2) is 0 Å². The fraction of sp³-hybridized carbons (Fsp3) is 0.714. The van der Waals surface area contributed by atoms with Gasteiger partial charge < -0.3 is 10.2 Å². The van der Waals surface area contributed by atoms with E-state index in [1.165, 1.54) is 0 Å². The lowest BCUT2D eigenvalue weighted by Gasteiger charge is -1.80. The van der Waals surface area contributed by atoms with Crippen molar-refractivity contribution in [3.05, 3.63) is 12.2 Å². The van der Waals surface area contributed by atoms with Crippen LogP contribution in [0.3, 0.4) is 0 Å². The summed E-state index contributed by atoms with van der Waals surface area (Å²) in [6.07, 6.45) is 5.45. The Morgan fingerprint density at radius 2 is 2.00 bits per heavy atom. The molecule has 0 fully saturated rings. The first-order valence-electron chi connectivity index (χ1n) is 3.15. The smallest absolute Gasteiger partial charge is 0.0612 e. The van der Waals surface area contributed by atoms with Crippen molar-refractivity contribution in [3.8, 4) is 0 Å². The van der Waals surface area contributed by atoms with E-state index in [0.29, 0.717) is 6.61 Å². The van der Waals surface area contributed by atoms with Crippen LogP contribution in [0.25, 0.3) is 0 Å².